The molecule has 5 nitrogen and oxygen atoms in total. The fourth-order valence-corrected chi connectivity index (χ4v) is 1.88. The van der Waals surface area contributed by atoms with E-state index in [9.17, 15) is 18.4 Å². The van der Waals surface area contributed by atoms with Crippen LogP contribution in [0.1, 0.15) is 10.4 Å². The number of nitrogens with one attached hydrogen (secondary N) is 1. The number of nitrogens with zero attached hydrogens (tertiary/aromatic N) is 1. The Morgan fingerprint density at radius 2 is 2.00 bits per heavy atom. The molecular formula is C14H9BrF2N2O3. The average molecular weight is 371 g/mol. The molecule has 0 aliphatic carbocycles. The van der Waals surface area contributed by atoms with Crippen LogP contribution in [0.4, 0.5) is 14.5 Å². The van der Waals surface area contributed by atoms with Crippen molar-refractivity contribution < 1.29 is 23.1 Å². The minimum atomic E-state index is -0.794. The molecule has 1 heterocycles. The minimum Gasteiger partial charge on any atom is -0.452 e. The zero-order valence-electron chi connectivity index (χ0n) is 11.0. The number of anilines is 1. The van der Waals surface area contributed by atoms with Crippen LogP contribution in [0.25, 0.3) is 0 Å². The Kier molecular flexibility index (Phi) is 5.16. The van der Waals surface area contributed by atoms with Gasteiger partial charge >= 0.3 is 5.97 Å². The average Bonchev–Trinajstić information content (AvgIpc) is 2.48. The summed E-state index contributed by atoms with van der Waals surface area (Å²) in [5.41, 5.74) is -0.177. The van der Waals surface area contributed by atoms with Crippen molar-refractivity contribution >= 4 is 33.5 Å². The zero-order chi connectivity index (χ0) is 16.1. The maximum Gasteiger partial charge on any atom is 0.340 e. The summed E-state index contributed by atoms with van der Waals surface area (Å²) < 4.78 is 31.6. The number of carbonyl (C=O) groups excluding carboxylic acids is 2. The van der Waals surface area contributed by atoms with Crippen molar-refractivity contribution in [3.8, 4) is 0 Å². The molecule has 114 valence electrons. The molecule has 0 spiro atoms. The summed E-state index contributed by atoms with van der Waals surface area (Å²) in [5, 5.41) is 2.11. The van der Waals surface area contributed by atoms with Crippen molar-refractivity contribution in [3.63, 3.8) is 0 Å². The Morgan fingerprint density at radius 3 is 2.73 bits per heavy atom. The van der Waals surface area contributed by atoms with Crippen LogP contribution in [0.5, 0.6) is 0 Å². The molecule has 0 fully saturated rings. The second kappa shape index (κ2) is 7.08. The van der Waals surface area contributed by atoms with Gasteiger partial charge in [0.25, 0.3) is 5.91 Å². The van der Waals surface area contributed by atoms with E-state index in [4.69, 9.17) is 4.74 Å². The summed E-state index contributed by atoms with van der Waals surface area (Å²) in [6.45, 7) is -0.638. The molecule has 0 saturated carbocycles. The quantitative estimate of drug-likeness (QED) is 0.840. The predicted octanol–water partition coefficient (Wildman–Crippen LogP) is 2.92. The Hall–Kier alpha value is -2.35. The summed E-state index contributed by atoms with van der Waals surface area (Å²) in [4.78, 5) is 27.0. The Bertz CT molecular complexity index is 725. The smallest absolute Gasteiger partial charge is 0.340 e. The normalized spacial score (nSPS) is 10.1. The summed E-state index contributed by atoms with van der Waals surface area (Å²) in [6, 6.07) is 4.10. The van der Waals surface area contributed by atoms with E-state index in [-0.39, 0.29) is 11.3 Å². The second-order valence-electron chi connectivity index (χ2n) is 4.14. The number of carbonyl (C=O) groups is 2. The monoisotopic (exact) mass is 370 g/mol. The molecular weight excluding hydrogens is 362 g/mol. The first-order chi connectivity index (χ1) is 10.5. The standard InChI is InChI=1S/C14H9BrF2N2O3/c15-9-3-8(5-18-6-9)14(21)22-7-13(20)19-12-4-10(16)1-2-11(12)17/h1-6H,7H2,(H,19,20). The SMILES string of the molecule is O=C(COC(=O)c1cncc(Br)c1)Nc1cc(F)ccc1F. The van der Waals surface area contributed by atoms with E-state index in [0.29, 0.717) is 4.47 Å². The van der Waals surface area contributed by atoms with Crippen molar-refractivity contribution in [2.75, 3.05) is 11.9 Å². The molecule has 0 bridgehead atoms. The summed E-state index contributed by atoms with van der Waals surface area (Å²) >= 11 is 3.14. The fourth-order valence-electron chi connectivity index (χ4n) is 1.52. The van der Waals surface area contributed by atoms with Gasteiger partial charge in [-0.3, -0.25) is 9.78 Å². The lowest BCUT2D eigenvalue weighted by Crippen LogP contribution is -2.21. The van der Waals surface area contributed by atoms with Gasteiger partial charge in [0.05, 0.1) is 11.3 Å². The molecule has 0 atom stereocenters. The van der Waals surface area contributed by atoms with Crippen LogP contribution in [0, 0.1) is 11.6 Å². The summed E-state index contributed by atoms with van der Waals surface area (Å²) in [5.74, 6) is -3.05. The Balaban J connectivity index is 1.93. The first kappa shape index (κ1) is 16.0. The third-order valence-corrected chi connectivity index (χ3v) is 2.91. The van der Waals surface area contributed by atoms with E-state index in [2.05, 4.69) is 26.2 Å². The number of ether oxygens (including phenoxy) is 1. The molecule has 1 amide bonds. The number of benzene rings is 1. The van der Waals surface area contributed by atoms with E-state index >= 15 is 0 Å². The highest BCUT2D eigenvalue weighted by Gasteiger charge is 2.13. The number of amides is 1. The van der Waals surface area contributed by atoms with E-state index in [0.717, 1.165) is 18.2 Å². The minimum absolute atomic E-state index is 0.152. The van der Waals surface area contributed by atoms with E-state index in [1.165, 1.54) is 18.5 Å². The first-order valence-electron chi connectivity index (χ1n) is 5.98. The molecule has 0 aliphatic heterocycles. The largest absolute Gasteiger partial charge is 0.452 e. The molecule has 0 radical (unpaired) electrons. The summed E-state index contributed by atoms with van der Waals surface area (Å²) in [6.07, 6.45) is 2.76. The third kappa shape index (κ3) is 4.32. The molecule has 0 saturated heterocycles. The lowest BCUT2D eigenvalue weighted by molar-refractivity contribution is -0.119. The van der Waals surface area contributed by atoms with Gasteiger partial charge in [-0.1, -0.05) is 0 Å². The number of aromatic nitrogens is 1. The number of halogens is 3. The zero-order valence-corrected chi connectivity index (χ0v) is 12.6. The van der Waals surface area contributed by atoms with Crippen molar-refractivity contribution in [2.24, 2.45) is 0 Å². The Labute approximate surface area is 132 Å². The highest BCUT2D eigenvalue weighted by molar-refractivity contribution is 9.10. The lowest BCUT2D eigenvalue weighted by Gasteiger charge is -2.07. The Morgan fingerprint density at radius 1 is 1.23 bits per heavy atom. The van der Waals surface area contributed by atoms with Crippen LogP contribution in [0.3, 0.4) is 0 Å². The highest BCUT2D eigenvalue weighted by Crippen LogP contribution is 2.15. The van der Waals surface area contributed by atoms with Crippen molar-refractivity contribution in [3.05, 3.63) is 58.3 Å². The van der Waals surface area contributed by atoms with Gasteiger partial charge in [-0.2, -0.15) is 0 Å². The summed E-state index contributed by atoms with van der Waals surface area (Å²) in [7, 11) is 0. The van der Waals surface area contributed by atoms with Crippen molar-refractivity contribution in [2.45, 2.75) is 0 Å². The van der Waals surface area contributed by atoms with Crippen molar-refractivity contribution in [1.82, 2.24) is 4.98 Å². The lowest BCUT2D eigenvalue weighted by atomic mass is 10.3. The number of esters is 1. The fraction of sp³-hybridized carbons (Fsp3) is 0.0714. The third-order valence-electron chi connectivity index (χ3n) is 2.48. The van der Waals surface area contributed by atoms with Gasteiger partial charge in [-0.05, 0) is 34.1 Å². The first-order valence-corrected chi connectivity index (χ1v) is 6.77. The highest BCUT2D eigenvalue weighted by atomic mass is 79.9. The van der Waals surface area contributed by atoms with Gasteiger partial charge in [0.2, 0.25) is 0 Å². The molecule has 2 aromatic rings. The predicted molar refractivity (Wildman–Crippen MR) is 77.2 cm³/mol. The molecule has 2 rings (SSSR count). The van der Waals surface area contributed by atoms with Crippen LogP contribution < -0.4 is 5.32 Å². The molecule has 0 unspecified atom stereocenters. The molecule has 1 N–H and O–H groups in total. The maximum absolute atomic E-state index is 13.3. The topological polar surface area (TPSA) is 68.3 Å². The van der Waals surface area contributed by atoms with Gasteiger partial charge in [0.1, 0.15) is 11.6 Å². The van der Waals surface area contributed by atoms with Crippen LogP contribution in [0.15, 0.2) is 41.1 Å². The molecule has 1 aromatic carbocycles. The molecule has 0 aliphatic rings. The van der Waals surface area contributed by atoms with Gasteiger partial charge in [0, 0.05) is 22.9 Å². The van der Waals surface area contributed by atoms with E-state index < -0.39 is 30.1 Å². The van der Waals surface area contributed by atoms with Crippen molar-refractivity contribution in [1.29, 1.82) is 0 Å². The van der Waals surface area contributed by atoms with Crippen LogP contribution in [-0.4, -0.2) is 23.5 Å². The van der Waals surface area contributed by atoms with E-state index in [1.807, 2.05) is 0 Å². The molecule has 1 aromatic heterocycles. The maximum atomic E-state index is 13.3. The van der Waals surface area contributed by atoms with Gasteiger partial charge < -0.3 is 10.1 Å². The van der Waals surface area contributed by atoms with Crippen LogP contribution >= 0.6 is 15.9 Å². The van der Waals surface area contributed by atoms with Crippen LogP contribution in [0.2, 0.25) is 0 Å². The van der Waals surface area contributed by atoms with Gasteiger partial charge in [-0.25, -0.2) is 13.6 Å². The molecule has 22 heavy (non-hydrogen) atoms. The second-order valence-corrected chi connectivity index (χ2v) is 5.06. The number of hydrogen-bond donors (Lipinski definition) is 1. The van der Waals surface area contributed by atoms with Crippen LogP contribution in [-0.2, 0) is 9.53 Å². The number of rotatable bonds is 4. The van der Waals surface area contributed by atoms with Gasteiger partial charge in [0.15, 0.2) is 6.61 Å². The van der Waals surface area contributed by atoms with Gasteiger partial charge in [-0.15, -0.1) is 0 Å². The molecule has 8 heteroatoms. The van der Waals surface area contributed by atoms with E-state index in [1.54, 1.807) is 0 Å². The number of hydrogen-bond acceptors (Lipinski definition) is 4. The number of pyridine rings is 1.